The maximum absolute atomic E-state index is 10.0. The van der Waals surface area contributed by atoms with Gasteiger partial charge in [-0.15, -0.1) is 0 Å². The first-order valence-corrected chi connectivity index (χ1v) is 8.48. The van der Waals surface area contributed by atoms with Gasteiger partial charge in [0.15, 0.2) is 0 Å². The number of aliphatic hydroxyl groups is 1. The number of fused-ring (bicyclic) bond motifs is 2. The third-order valence-corrected chi connectivity index (χ3v) is 4.33. The quantitative estimate of drug-likeness (QED) is 0.642. The average Bonchev–Trinajstić information content (AvgIpc) is 2.58. The summed E-state index contributed by atoms with van der Waals surface area (Å²) >= 11 is 0. The third-order valence-electron chi connectivity index (χ3n) is 4.33. The van der Waals surface area contributed by atoms with Gasteiger partial charge in [0.05, 0.1) is 6.10 Å². The van der Waals surface area contributed by atoms with E-state index < -0.39 is 6.10 Å². The van der Waals surface area contributed by atoms with Crippen LogP contribution in [-0.2, 0) is 6.42 Å². The minimum absolute atomic E-state index is 0.341. The van der Waals surface area contributed by atoms with Crippen molar-refractivity contribution in [1.29, 1.82) is 0 Å². The molecule has 0 heterocycles. The molecule has 23 heavy (non-hydrogen) atoms. The fraction of sp³-hybridized carbons (Fsp3) is 0.333. The number of benzene rings is 3. The first kappa shape index (κ1) is 15.8. The van der Waals surface area contributed by atoms with Gasteiger partial charge in [0.1, 0.15) is 12.4 Å². The Morgan fingerprint density at radius 3 is 2.52 bits per heavy atom. The molecule has 0 radical (unpaired) electrons. The molecule has 0 spiro atoms. The molecule has 1 unspecified atom stereocenters. The Bertz CT molecular complexity index is 807. The molecule has 1 atom stereocenters. The maximum Gasteiger partial charge on any atom is 0.135 e. The van der Waals surface area contributed by atoms with Crippen LogP contribution < -0.4 is 4.74 Å². The van der Waals surface area contributed by atoms with Crippen molar-refractivity contribution in [3.63, 3.8) is 0 Å². The Hall–Kier alpha value is -2.06. The van der Waals surface area contributed by atoms with Gasteiger partial charge in [-0.1, -0.05) is 56.7 Å². The third kappa shape index (κ3) is 3.32. The zero-order chi connectivity index (χ0) is 16.2. The van der Waals surface area contributed by atoms with E-state index in [9.17, 15) is 5.11 Å². The summed E-state index contributed by atoms with van der Waals surface area (Å²) in [6.45, 7) is 4.57. The standard InChI is InChI=1S/C21H24O2/c1-3-7-18(22)14-23-21-19-9-6-5-8-16(19)13-17-11-10-15(4-2)12-20(17)21/h5-6,8-13,18,22H,3-4,7,14H2,1-2H3. The second-order valence-electron chi connectivity index (χ2n) is 6.09. The van der Waals surface area contributed by atoms with E-state index in [1.807, 2.05) is 12.1 Å². The summed E-state index contributed by atoms with van der Waals surface area (Å²) in [5, 5.41) is 14.6. The van der Waals surface area contributed by atoms with Crippen LogP contribution in [0.4, 0.5) is 0 Å². The van der Waals surface area contributed by atoms with Crippen molar-refractivity contribution in [2.24, 2.45) is 0 Å². The van der Waals surface area contributed by atoms with Crippen LogP contribution in [0.15, 0.2) is 48.5 Å². The largest absolute Gasteiger partial charge is 0.490 e. The van der Waals surface area contributed by atoms with E-state index in [4.69, 9.17) is 4.74 Å². The second-order valence-corrected chi connectivity index (χ2v) is 6.09. The molecule has 0 saturated carbocycles. The number of aryl methyl sites for hydroxylation is 1. The normalized spacial score (nSPS) is 12.7. The van der Waals surface area contributed by atoms with E-state index in [1.165, 1.54) is 16.3 Å². The van der Waals surface area contributed by atoms with E-state index in [1.54, 1.807) is 0 Å². The smallest absolute Gasteiger partial charge is 0.135 e. The summed E-state index contributed by atoms with van der Waals surface area (Å²) in [5.41, 5.74) is 1.30. The Balaban J connectivity index is 2.11. The second kappa shape index (κ2) is 7.01. The number of ether oxygens (including phenoxy) is 1. The molecule has 0 bridgehead atoms. The molecule has 3 rings (SSSR count). The van der Waals surface area contributed by atoms with Crippen molar-refractivity contribution in [2.75, 3.05) is 6.61 Å². The molecular formula is C21H24O2. The molecule has 0 fully saturated rings. The van der Waals surface area contributed by atoms with Gasteiger partial charge < -0.3 is 9.84 Å². The number of aliphatic hydroxyl groups excluding tert-OH is 1. The lowest BCUT2D eigenvalue weighted by atomic mass is 9.99. The molecule has 1 N–H and O–H groups in total. The topological polar surface area (TPSA) is 29.5 Å². The number of hydrogen-bond acceptors (Lipinski definition) is 2. The predicted molar refractivity (Wildman–Crippen MR) is 97.2 cm³/mol. The van der Waals surface area contributed by atoms with Gasteiger partial charge >= 0.3 is 0 Å². The molecule has 3 aromatic rings. The highest BCUT2D eigenvalue weighted by atomic mass is 16.5. The van der Waals surface area contributed by atoms with Gasteiger partial charge in [0.25, 0.3) is 0 Å². The minimum Gasteiger partial charge on any atom is -0.490 e. The van der Waals surface area contributed by atoms with E-state index in [2.05, 4.69) is 50.2 Å². The predicted octanol–water partition coefficient (Wildman–Crippen LogP) is 5.10. The summed E-state index contributed by atoms with van der Waals surface area (Å²) < 4.78 is 6.10. The fourth-order valence-electron chi connectivity index (χ4n) is 3.04. The van der Waals surface area contributed by atoms with Crippen LogP contribution in [0.3, 0.4) is 0 Å². The van der Waals surface area contributed by atoms with Crippen molar-refractivity contribution >= 4 is 21.5 Å². The van der Waals surface area contributed by atoms with Crippen molar-refractivity contribution in [1.82, 2.24) is 0 Å². The summed E-state index contributed by atoms with van der Waals surface area (Å²) in [7, 11) is 0. The molecule has 0 aromatic heterocycles. The SMILES string of the molecule is CCCC(O)COc1c2ccccc2cc2ccc(CC)cc12. The Morgan fingerprint density at radius 2 is 1.74 bits per heavy atom. The lowest BCUT2D eigenvalue weighted by molar-refractivity contribution is 0.101. The van der Waals surface area contributed by atoms with Gasteiger partial charge in [-0.3, -0.25) is 0 Å². The van der Waals surface area contributed by atoms with Crippen molar-refractivity contribution in [2.45, 2.75) is 39.2 Å². The van der Waals surface area contributed by atoms with Crippen LogP contribution in [0.25, 0.3) is 21.5 Å². The Morgan fingerprint density at radius 1 is 0.957 bits per heavy atom. The molecule has 3 aromatic carbocycles. The first-order valence-electron chi connectivity index (χ1n) is 8.48. The molecule has 2 heteroatoms. The molecule has 0 aliphatic carbocycles. The molecule has 2 nitrogen and oxygen atoms in total. The molecule has 0 aliphatic rings. The van der Waals surface area contributed by atoms with Crippen LogP contribution in [0.1, 0.15) is 32.3 Å². The van der Waals surface area contributed by atoms with E-state index in [0.717, 1.165) is 35.8 Å². The molecule has 120 valence electrons. The van der Waals surface area contributed by atoms with E-state index in [-0.39, 0.29) is 0 Å². The molecule has 0 saturated heterocycles. The fourth-order valence-corrected chi connectivity index (χ4v) is 3.04. The minimum atomic E-state index is -0.414. The zero-order valence-electron chi connectivity index (χ0n) is 13.9. The Kier molecular flexibility index (Phi) is 4.82. The summed E-state index contributed by atoms with van der Waals surface area (Å²) in [5.74, 6) is 0.892. The lowest BCUT2D eigenvalue weighted by Gasteiger charge is -2.16. The summed E-state index contributed by atoms with van der Waals surface area (Å²) in [6.07, 6.45) is 2.31. The number of rotatable bonds is 6. The molecule has 0 aliphatic heterocycles. The van der Waals surface area contributed by atoms with Gasteiger partial charge in [0.2, 0.25) is 0 Å². The number of hydrogen-bond donors (Lipinski definition) is 1. The van der Waals surface area contributed by atoms with Crippen LogP contribution in [0.5, 0.6) is 5.75 Å². The van der Waals surface area contributed by atoms with Crippen molar-refractivity contribution in [3.8, 4) is 5.75 Å². The van der Waals surface area contributed by atoms with Crippen LogP contribution in [0.2, 0.25) is 0 Å². The van der Waals surface area contributed by atoms with Crippen molar-refractivity contribution in [3.05, 3.63) is 54.1 Å². The van der Waals surface area contributed by atoms with Gasteiger partial charge in [-0.25, -0.2) is 0 Å². The summed E-state index contributed by atoms with van der Waals surface area (Å²) in [6, 6.07) is 17.0. The lowest BCUT2D eigenvalue weighted by Crippen LogP contribution is -2.17. The monoisotopic (exact) mass is 308 g/mol. The van der Waals surface area contributed by atoms with Crippen molar-refractivity contribution < 1.29 is 9.84 Å². The highest BCUT2D eigenvalue weighted by molar-refractivity contribution is 6.05. The van der Waals surface area contributed by atoms with E-state index >= 15 is 0 Å². The van der Waals surface area contributed by atoms with Crippen LogP contribution in [0, 0.1) is 0 Å². The summed E-state index contributed by atoms with van der Waals surface area (Å²) in [4.78, 5) is 0. The molecular weight excluding hydrogens is 284 g/mol. The van der Waals surface area contributed by atoms with Gasteiger partial charge in [-0.05, 0) is 41.3 Å². The zero-order valence-corrected chi connectivity index (χ0v) is 13.9. The highest BCUT2D eigenvalue weighted by Gasteiger charge is 2.11. The average molecular weight is 308 g/mol. The first-order chi connectivity index (χ1) is 11.2. The maximum atomic E-state index is 10.0. The van der Waals surface area contributed by atoms with Crippen LogP contribution >= 0.6 is 0 Å². The van der Waals surface area contributed by atoms with E-state index in [0.29, 0.717) is 6.61 Å². The highest BCUT2D eigenvalue weighted by Crippen LogP contribution is 2.35. The van der Waals surface area contributed by atoms with Crippen LogP contribution in [-0.4, -0.2) is 17.8 Å². The van der Waals surface area contributed by atoms with Gasteiger partial charge in [-0.2, -0.15) is 0 Å². The molecule has 0 amide bonds. The van der Waals surface area contributed by atoms with Gasteiger partial charge in [0, 0.05) is 10.8 Å². The Labute approximate surface area is 137 Å².